The predicted molar refractivity (Wildman–Crippen MR) is 86.0 cm³/mol. The van der Waals surface area contributed by atoms with E-state index in [1.54, 1.807) is 24.3 Å². The van der Waals surface area contributed by atoms with Gasteiger partial charge in [-0.2, -0.15) is 8.42 Å². The lowest BCUT2D eigenvalue weighted by atomic mass is 9.70. The highest BCUT2D eigenvalue weighted by molar-refractivity contribution is 7.87. The van der Waals surface area contributed by atoms with Crippen molar-refractivity contribution in [3.05, 3.63) is 24.3 Å². The fourth-order valence-electron chi connectivity index (χ4n) is 4.22. The van der Waals surface area contributed by atoms with Gasteiger partial charge in [-0.1, -0.05) is 13.8 Å². The van der Waals surface area contributed by atoms with Gasteiger partial charge in [0.15, 0.2) is 0 Å². The van der Waals surface area contributed by atoms with Crippen LogP contribution >= 0.6 is 0 Å². The zero-order valence-corrected chi connectivity index (χ0v) is 14.5. The van der Waals surface area contributed by atoms with E-state index in [2.05, 4.69) is 0 Å². The summed E-state index contributed by atoms with van der Waals surface area (Å²) < 4.78 is 35.3. The number of ether oxygens (including phenoxy) is 1. The smallest absolute Gasteiger partial charge is 0.310 e. The molecule has 3 rings (SSSR count). The van der Waals surface area contributed by atoms with Gasteiger partial charge in [0, 0.05) is 6.42 Å². The fraction of sp³-hybridized carbons (Fsp3) is 0.588. The predicted octanol–water partition coefficient (Wildman–Crippen LogP) is 2.80. The van der Waals surface area contributed by atoms with Crippen LogP contribution in [-0.4, -0.2) is 27.1 Å². The van der Waals surface area contributed by atoms with Crippen LogP contribution in [0.25, 0.3) is 0 Å². The summed E-state index contributed by atoms with van der Waals surface area (Å²) in [5.41, 5.74) is -1.09. The Bertz CT molecular complexity index is 720. The van der Waals surface area contributed by atoms with E-state index in [0.29, 0.717) is 18.6 Å². The summed E-state index contributed by atoms with van der Waals surface area (Å²) in [6.45, 7) is 4.02. The highest BCUT2D eigenvalue weighted by atomic mass is 32.2. The van der Waals surface area contributed by atoms with E-state index in [4.69, 9.17) is 8.92 Å². The standard InChI is InChI=1S/C17H22O5S/c1-16(2)12-8-9-17(16,15(18)10-12)11-23(19,20)22-14-6-4-13(21-3)5-7-14/h4-7,12H,8-11H2,1-3H3. The van der Waals surface area contributed by atoms with Crippen molar-refractivity contribution in [3.8, 4) is 11.5 Å². The molecule has 2 aliphatic carbocycles. The maximum absolute atomic E-state index is 12.5. The van der Waals surface area contributed by atoms with Gasteiger partial charge in [0.05, 0.1) is 18.3 Å². The molecule has 1 aromatic carbocycles. The van der Waals surface area contributed by atoms with E-state index in [1.165, 1.54) is 7.11 Å². The van der Waals surface area contributed by atoms with Gasteiger partial charge >= 0.3 is 10.1 Å². The van der Waals surface area contributed by atoms with Gasteiger partial charge < -0.3 is 8.92 Å². The summed E-state index contributed by atoms with van der Waals surface area (Å²) in [5, 5.41) is 0. The quantitative estimate of drug-likeness (QED) is 0.772. The van der Waals surface area contributed by atoms with Crippen molar-refractivity contribution in [2.45, 2.75) is 33.1 Å². The molecule has 2 atom stereocenters. The van der Waals surface area contributed by atoms with E-state index in [9.17, 15) is 13.2 Å². The second-order valence-electron chi connectivity index (χ2n) is 7.13. The van der Waals surface area contributed by atoms with Crippen molar-refractivity contribution in [1.29, 1.82) is 0 Å². The molecule has 23 heavy (non-hydrogen) atoms. The van der Waals surface area contributed by atoms with Gasteiger partial charge in [-0.05, 0) is 48.4 Å². The molecule has 2 aliphatic rings. The average Bonchev–Trinajstić information content (AvgIpc) is 2.81. The molecular formula is C17H22O5S. The molecule has 0 radical (unpaired) electrons. The van der Waals surface area contributed by atoms with Crippen molar-refractivity contribution in [2.24, 2.45) is 16.7 Å². The second-order valence-corrected chi connectivity index (χ2v) is 8.70. The highest BCUT2D eigenvalue weighted by Gasteiger charge is 2.65. The van der Waals surface area contributed by atoms with Gasteiger partial charge in [-0.25, -0.2) is 0 Å². The van der Waals surface area contributed by atoms with E-state index < -0.39 is 15.5 Å². The highest BCUT2D eigenvalue weighted by Crippen LogP contribution is 2.64. The summed E-state index contributed by atoms with van der Waals surface area (Å²) in [7, 11) is -2.31. The van der Waals surface area contributed by atoms with Crippen LogP contribution in [0.5, 0.6) is 11.5 Å². The molecule has 0 N–H and O–H groups in total. The van der Waals surface area contributed by atoms with Crippen LogP contribution in [0.1, 0.15) is 33.1 Å². The van der Waals surface area contributed by atoms with Crippen LogP contribution in [0.2, 0.25) is 0 Å². The molecule has 0 spiro atoms. The lowest BCUT2D eigenvalue weighted by Crippen LogP contribution is -2.43. The second kappa shape index (κ2) is 5.23. The number of hydrogen-bond acceptors (Lipinski definition) is 5. The van der Waals surface area contributed by atoms with Crippen molar-refractivity contribution >= 4 is 15.9 Å². The first-order valence-electron chi connectivity index (χ1n) is 7.80. The molecule has 2 fully saturated rings. The third kappa shape index (κ3) is 2.53. The van der Waals surface area contributed by atoms with E-state index in [1.807, 2.05) is 13.8 Å². The number of hydrogen-bond donors (Lipinski definition) is 0. The van der Waals surface area contributed by atoms with E-state index >= 15 is 0 Å². The van der Waals surface area contributed by atoms with Crippen molar-refractivity contribution < 1.29 is 22.1 Å². The maximum Gasteiger partial charge on any atom is 0.310 e. The Labute approximate surface area is 137 Å². The Morgan fingerprint density at radius 1 is 1.17 bits per heavy atom. The van der Waals surface area contributed by atoms with Gasteiger partial charge in [0.2, 0.25) is 0 Å². The lowest BCUT2D eigenvalue weighted by Gasteiger charge is -2.35. The molecule has 2 unspecified atom stereocenters. The number of ketones is 1. The van der Waals surface area contributed by atoms with Crippen molar-refractivity contribution in [1.82, 2.24) is 0 Å². The Kier molecular flexibility index (Phi) is 3.71. The first-order chi connectivity index (χ1) is 10.7. The van der Waals surface area contributed by atoms with Crippen LogP contribution in [0.3, 0.4) is 0 Å². The van der Waals surface area contributed by atoms with Gasteiger partial charge in [0.25, 0.3) is 0 Å². The topological polar surface area (TPSA) is 69.7 Å². The van der Waals surface area contributed by atoms with Gasteiger partial charge in [0.1, 0.15) is 17.3 Å². The molecule has 2 saturated carbocycles. The molecule has 126 valence electrons. The maximum atomic E-state index is 12.5. The number of benzene rings is 1. The average molecular weight is 338 g/mol. The minimum Gasteiger partial charge on any atom is -0.497 e. The van der Waals surface area contributed by atoms with Crippen molar-refractivity contribution in [2.75, 3.05) is 12.9 Å². The Hall–Kier alpha value is -1.56. The SMILES string of the molecule is COc1ccc(OS(=O)(=O)CC23CCC(CC2=O)C3(C)C)cc1. The minimum absolute atomic E-state index is 0.0701. The zero-order chi connectivity index (χ0) is 16.9. The first kappa shape index (κ1) is 16.3. The zero-order valence-electron chi connectivity index (χ0n) is 13.7. The molecule has 2 bridgehead atoms. The first-order valence-corrected chi connectivity index (χ1v) is 9.37. The molecule has 6 heteroatoms. The van der Waals surface area contributed by atoms with Gasteiger partial charge in [-0.3, -0.25) is 4.79 Å². The van der Waals surface area contributed by atoms with Crippen LogP contribution in [0, 0.1) is 16.7 Å². The number of Topliss-reactive ketones (excluding diaryl/α,β-unsaturated/α-hetero) is 1. The summed E-state index contributed by atoms with van der Waals surface area (Å²) in [5.74, 6) is 0.972. The third-order valence-electron chi connectivity index (χ3n) is 5.84. The Balaban J connectivity index is 1.82. The number of fused-ring (bicyclic) bond motifs is 2. The Morgan fingerprint density at radius 3 is 2.26 bits per heavy atom. The van der Waals surface area contributed by atoms with Gasteiger partial charge in [-0.15, -0.1) is 0 Å². The molecular weight excluding hydrogens is 316 g/mol. The van der Waals surface area contributed by atoms with Crippen LogP contribution in [0.15, 0.2) is 24.3 Å². The number of carbonyl (C=O) groups is 1. The van der Waals surface area contributed by atoms with Crippen molar-refractivity contribution in [3.63, 3.8) is 0 Å². The van der Waals surface area contributed by atoms with Crippen LogP contribution in [0.4, 0.5) is 0 Å². The van der Waals surface area contributed by atoms with E-state index in [0.717, 1.165) is 6.42 Å². The summed E-state index contributed by atoms with van der Waals surface area (Å²) in [6, 6.07) is 6.37. The molecule has 0 aliphatic heterocycles. The molecule has 0 amide bonds. The minimum atomic E-state index is -3.85. The summed E-state index contributed by atoms with van der Waals surface area (Å²) in [6.07, 6.45) is 2.04. The number of methoxy groups -OCH3 is 1. The molecule has 5 nitrogen and oxygen atoms in total. The number of carbonyl (C=O) groups excluding carboxylic acids is 1. The lowest BCUT2D eigenvalue weighted by molar-refractivity contribution is -0.128. The summed E-state index contributed by atoms with van der Waals surface area (Å²) >= 11 is 0. The molecule has 1 aromatic rings. The number of rotatable bonds is 5. The summed E-state index contributed by atoms with van der Waals surface area (Å²) in [4.78, 5) is 12.5. The van der Waals surface area contributed by atoms with Crippen LogP contribution < -0.4 is 8.92 Å². The fourth-order valence-corrected chi connectivity index (χ4v) is 5.96. The Morgan fingerprint density at radius 2 is 1.78 bits per heavy atom. The van der Waals surface area contributed by atoms with Crippen LogP contribution in [-0.2, 0) is 14.9 Å². The normalized spacial score (nSPS) is 28.8. The molecule has 0 aromatic heterocycles. The van der Waals surface area contributed by atoms with E-state index in [-0.39, 0.29) is 28.6 Å². The monoisotopic (exact) mass is 338 g/mol. The molecule has 0 saturated heterocycles. The third-order valence-corrected chi connectivity index (χ3v) is 7.14. The molecule has 0 heterocycles. The largest absolute Gasteiger partial charge is 0.497 e.